The van der Waals surface area contributed by atoms with Gasteiger partial charge in [0.05, 0.1) is 17.6 Å². The van der Waals surface area contributed by atoms with Crippen LogP contribution in [-0.2, 0) is 4.79 Å². The first-order chi connectivity index (χ1) is 10.1. The van der Waals surface area contributed by atoms with Gasteiger partial charge in [-0.2, -0.15) is 0 Å². The molecule has 0 spiro atoms. The second-order valence-corrected chi connectivity index (χ2v) is 5.89. The van der Waals surface area contributed by atoms with Crippen LogP contribution in [0.4, 0.5) is 17.2 Å². The summed E-state index contributed by atoms with van der Waals surface area (Å²) >= 11 is 0. The molecule has 0 radical (unpaired) electrons. The Kier molecular flexibility index (Phi) is 3.86. The maximum absolute atomic E-state index is 11.2. The highest BCUT2D eigenvalue weighted by Crippen LogP contribution is 2.31. The van der Waals surface area contributed by atoms with E-state index in [1.807, 2.05) is 6.20 Å². The minimum absolute atomic E-state index is 0.0455. The van der Waals surface area contributed by atoms with Crippen LogP contribution >= 0.6 is 0 Å². The lowest BCUT2D eigenvalue weighted by atomic mass is 10.1. The molecule has 3 rings (SSSR count). The fourth-order valence-electron chi connectivity index (χ4n) is 3.13. The number of likely N-dealkylation sites (N-methyl/N-ethyl adjacent to an activating group) is 1. The number of piperidine rings is 1. The Morgan fingerprint density at radius 3 is 3.14 bits per heavy atom. The fraction of sp³-hybridized carbons (Fsp3) is 0.600. The van der Waals surface area contributed by atoms with E-state index in [2.05, 4.69) is 38.5 Å². The summed E-state index contributed by atoms with van der Waals surface area (Å²) in [5.41, 5.74) is 2.30. The van der Waals surface area contributed by atoms with E-state index in [4.69, 9.17) is 0 Å². The summed E-state index contributed by atoms with van der Waals surface area (Å²) in [6, 6.07) is 2.38. The molecular weight excluding hydrogens is 266 g/mol. The van der Waals surface area contributed by atoms with Gasteiger partial charge >= 0.3 is 0 Å². The average Bonchev–Trinajstić information content (AvgIpc) is 2.47. The summed E-state index contributed by atoms with van der Waals surface area (Å²) in [4.78, 5) is 20.3. The van der Waals surface area contributed by atoms with Gasteiger partial charge < -0.3 is 20.4 Å². The SMILES string of the molecule is CC(=O)NC1CCCN(c2cc3c(cn2)NCCN3C)C1. The molecule has 1 unspecified atom stereocenters. The molecule has 1 atom stereocenters. The normalized spacial score (nSPS) is 21.5. The van der Waals surface area contributed by atoms with Crippen LogP contribution in [0, 0.1) is 0 Å². The Morgan fingerprint density at radius 2 is 2.33 bits per heavy atom. The van der Waals surface area contributed by atoms with Crippen molar-refractivity contribution in [1.29, 1.82) is 0 Å². The Labute approximate surface area is 125 Å². The molecule has 0 aliphatic carbocycles. The zero-order valence-corrected chi connectivity index (χ0v) is 12.7. The van der Waals surface area contributed by atoms with Crippen molar-refractivity contribution in [1.82, 2.24) is 10.3 Å². The Hall–Kier alpha value is -1.98. The predicted molar refractivity (Wildman–Crippen MR) is 85.0 cm³/mol. The smallest absolute Gasteiger partial charge is 0.217 e. The highest BCUT2D eigenvalue weighted by molar-refractivity contribution is 5.74. The van der Waals surface area contributed by atoms with Crippen molar-refractivity contribution in [3.05, 3.63) is 12.3 Å². The van der Waals surface area contributed by atoms with Crippen molar-refractivity contribution in [2.24, 2.45) is 0 Å². The van der Waals surface area contributed by atoms with Crippen LogP contribution in [0.1, 0.15) is 19.8 Å². The van der Waals surface area contributed by atoms with E-state index in [0.717, 1.165) is 50.5 Å². The number of pyridine rings is 1. The van der Waals surface area contributed by atoms with E-state index >= 15 is 0 Å². The number of fused-ring (bicyclic) bond motifs is 1. The highest BCUT2D eigenvalue weighted by atomic mass is 16.1. The molecule has 0 bridgehead atoms. The van der Waals surface area contributed by atoms with E-state index in [0.29, 0.717) is 0 Å². The minimum Gasteiger partial charge on any atom is -0.380 e. The van der Waals surface area contributed by atoms with E-state index in [1.54, 1.807) is 6.92 Å². The molecule has 1 aromatic rings. The molecule has 1 aromatic heterocycles. The maximum Gasteiger partial charge on any atom is 0.217 e. The summed E-state index contributed by atoms with van der Waals surface area (Å²) in [5.74, 6) is 1.04. The molecule has 2 aliphatic rings. The van der Waals surface area contributed by atoms with Gasteiger partial charge in [0, 0.05) is 52.3 Å². The Morgan fingerprint density at radius 1 is 1.48 bits per heavy atom. The van der Waals surface area contributed by atoms with Gasteiger partial charge in [-0.3, -0.25) is 4.79 Å². The summed E-state index contributed by atoms with van der Waals surface area (Å²) in [7, 11) is 2.11. The third kappa shape index (κ3) is 3.04. The van der Waals surface area contributed by atoms with Crippen molar-refractivity contribution >= 4 is 23.1 Å². The van der Waals surface area contributed by atoms with Gasteiger partial charge in [0.1, 0.15) is 5.82 Å². The topological polar surface area (TPSA) is 60.5 Å². The van der Waals surface area contributed by atoms with Gasteiger partial charge in [-0.15, -0.1) is 0 Å². The number of hydrogen-bond donors (Lipinski definition) is 2. The highest BCUT2D eigenvalue weighted by Gasteiger charge is 2.23. The number of rotatable bonds is 2. The Bertz CT molecular complexity index is 533. The van der Waals surface area contributed by atoms with Crippen LogP contribution in [0.3, 0.4) is 0 Å². The number of aromatic nitrogens is 1. The van der Waals surface area contributed by atoms with Crippen LogP contribution in [-0.4, -0.2) is 50.2 Å². The molecule has 3 heterocycles. The van der Waals surface area contributed by atoms with Crippen LogP contribution in [0.25, 0.3) is 0 Å². The van der Waals surface area contributed by atoms with Crippen LogP contribution in [0.5, 0.6) is 0 Å². The predicted octanol–water partition coefficient (Wildman–Crippen LogP) is 1.05. The van der Waals surface area contributed by atoms with Crippen molar-refractivity contribution in [3.63, 3.8) is 0 Å². The van der Waals surface area contributed by atoms with E-state index < -0.39 is 0 Å². The summed E-state index contributed by atoms with van der Waals surface area (Å²) in [6.45, 7) is 5.38. The van der Waals surface area contributed by atoms with E-state index in [-0.39, 0.29) is 11.9 Å². The first kappa shape index (κ1) is 14.0. The first-order valence-electron chi connectivity index (χ1n) is 7.60. The zero-order chi connectivity index (χ0) is 14.8. The molecule has 1 saturated heterocycles. The molecule has 1 amide bonds. The van der Waals surface area contributed by atoms with Crippen molar-refractivity contribution in [2.45, 2.75) is 25.8 Å². The van der Waals surface area contributed by atoms with E-state index in [9.17, 15) is 4.79 Å². The summed E-state index contributed by atoms with van der Waals surface area (Å²) in [5, 5.41) is 6.40. The van der Waals surface area contributed by atoms with Crippen molar-refractivity contribution in [2.75, 3.05) is 48.3 Å². The van der Waals surface area contributed by atoms with Gasteiger partial charge in [0.25, 0.3) is 0 Å². The molecule has 6 nitrogen and oxygen atoms in total. The molecule has 114 valence electrons. The number of carbonyl (C=O) groups excluding carboxylic acids is 1. The van der Waals surface area contributed by atoms with Gasteiger partial charge in [-0.05, 0) is 12.8 Å². The molecule has 2 aliphatic heterocycles. The zero-order valence-electron chi connectivity index (χ0n) is 12.7. The van der Waals surface area contributed by atoms with Crippen LogP contribution < -0.4 is 20.4 Å². The third-order valence-electron chi connectivity index (χ3n) is 4.19. The number of amides is 1. The molecule has 21 heavy (non-hydrogen) atoms. The van der Waals surface area contributed by atoms with Gasteiger partial charge in [-0.25, -0.2) is 4.98 Å². The van der Waals surface area contributed by atoms with Gasteiger partial charge in [0.2, 0.25) is 5.91 Å². The molecule has 0 aromatic carbocycles. The second kappa shape index (κ2) is 5.79. The standard InChI is InChI=1S/C15H23N5O/c1-11(21)18-12-4-3-6-20(10-12)15-8-14-13(9-17-15)16-5-7-19(14)2/h8-9,12,16H,3-7,10H2,1-2H3,(H,18,21). The Balaban J connectivity index is 1.77. The fourth-order valence-corrected chi connectivity index (χ4v) is 3.13. The third-order valence-corrected chi connectivity index (χ3v) is 4.19. The monoisotopic (exact) mass is 289 g/mol. The first-order valence-corrected chi connectivity index (χ1v) is 7.60. The minimum atomic E-state index is 0.0455. The van der Waals surface area contributed by atoms with Crippen LogP contribution in [0.15, 0.2) is 12.3 Å². The average molecular weight is 289 g/mol. The van der Waals surface area contributed by atoms with Gasteiger partial charge in [0.15, 0.2) is 0 Å². The molecular formula is C15H23N5O. The van der Waals surface area contributed by atoms with Crippen LogP contribution in [0.2, 0.25) is 0 Å². The number of nitrogens with zero attached hydrogens (tertiary/aromatic N) is 3. The van der Waals surface area contributed by atoms with Crippen molar-refractivity contribution < 1.29 is 4.79 Å². The van der Waals surface area contributed by atoms with Gasteiger partial charge in [-0.1, -0.05) is 0 Å². The maximum atomic E-state index is 11.2. The molecule has 2 N–H and O–H groups in total. The van der Waals surface area contributed by atoms with Crippen molar-refractivity contribution in [3.8, 4) is 0 Å². The number of carbonyl (C=O) groups is 1. The lowest BCUT2D eigenvalue weighted by molar-refractivity contribution is -0.119. The lowest BCUT2D eigenvalue weighted by Crippen LogP contribution is -2.47. The number of anilines is 3. The number of hydrogen-bond acceptors (Lipinski definition) is 5. The van der Waals surface area contributed by atoms with E-state index in [1.165, 1.54) is 5.69 Å². The summed E-state index contributed by atoms with van der Waals surface area (Å²) in [6.07, 6.45) is 4.04. The number of nitrogens with one attached hydrogen (secondary N) is 2. The molecule has 1 fully saturated rings. The summed E-state index contributed by atoms with van der Waals surface area (Å²) < 4.78 is 0. The quantitative estimate of drug-likeness (QED) is 0.852. The lowest BCUT2D eigenvalue weighted by Gasteiger charge is -2.35. The molecule has 6 heteroatoms. The molecule has 0 saturated carbocycles. The largest absolute Gasteiger partial charge is 0.380 e. The second-order valence-electron chi connectivity index (χ2n) is 5.89.